The molecule has 3 aromatic rings. The van der Waals surface area contributed by atoms with E-state index < -0.39 is 10.0 Å². The minimum absolute atomic E-state index is 0.141. The number of amides is 1. The highest BCUT2D eigenvalue weighted by molar-refractivity contribution is 7.89. The summed E-state index contributed by atoms with van der Waals surface area (Å²) in [5, 5.41) is 0. The van der Waals surface area contributed by atoms with Crippen molar-refractivity contribution in [2.45, 2.75) is 51.1 Å². The summed E-state index contributed by atoms with van der Waals surface area (Å²) in [6, 6.07) is 12.3. The number of hydrogen-bond donors (Lipinski definition) is 1. The van der Waals surface area contributed by atoms with E-state index in [2.05, 4.69) is 9.71 Å². The molecular weight excluding hydrogens is 448 g/mol. The van der Waals surface area contributed by atoms with Crippen molar-refractivity contribution in [1.82, 2.24) is 14.3 Å². The summed E-state index contributed by atoms with van der Waals surface area (Å²) in [5.41, 5.74) is 4.61. The van der Waals surface area contributed by atoms with Crippen molar-refractivity contribution in [3.05, 3.63) is 89.0 Å². The third-order valence-electron chi connectivity index (χ3n) is 6.05. The van der Waals surface area contributed by atoms with Crippen LogP contribution in [0.15, 0.2) is 71.4 Å². The third-order valence-corrected chi connectivity index (χ3v) is 7.53. The standard InChI is InChI=1S/C26H30N4O3S/c1-18(2)15-26(31)30(17-25-27-13-14-29(25)4)21-9-7-20-8-12-24(23(20)16-21)28-34(32,33)22-10-5-19(3)6-11-22/h5-7,9-11,13-16,24,28H,8,12,17H2,1-4H3. The van der Waals surface area contributed by atoms with Crippen LogP contribution < -0.4 is 9.62 Å². The molecular formula is C26H30N4O3S. The Morgan fingerprint density at radius 3 is 2.59 bits per heavy atom. The summed E-state index contributed by atoms with van der Waals surface area (Å²) in [5.74, 6) is 0.616. The predicted molar refractivity (Wildman–Crippen MR) is 133 cm³/mol. The van der Waals surface area contributed by atoms with Crippen LogP contribution in [-0.4, -0.2) is 23.9 Å². The summed E-state index contributed by atoms with van der Waals surface area (Å²) in [6.07, 6.45) is 6.60. The van der Waals surface area contributed by atoms with E-state index in [0.717, 1.165) is 34.5 Å². The molecule has 34 heavy (non-hydrogen) atoms. The molecule has 0 saturated carbocycles. The summed E-state index contributed by atoms with van der Waals surface area (Å²) in [6.45, 7) is 6.00. The van der Waals surface area contributed by atoms with Crippen LogP contribution in [0.5, 0.6) is 0 Å². The van der Waals surface area contributed by atoms with E-state index in [4.69, 9.17) is 0 Å². The van der Waals surface area contributed by atoms with Crippen molar-refractivity contribution in [3.8, 4) is 0 Å². The summed E-state index contributed by atoms with van der Waals surface area (Å²) in [4.78, 5) is 19.4. The topological polar surface area (TPSA) is 84.3 Å². The van der Waals surface area contributed by atoms with Gasteiger partial charge in [-0.15, -0.1) is 0 Å². The molecule has 1 heterocycles. The lowest BCUT2D eigenvalue weighted by atomic mass is 10.1. The molecule has 1 unspecified atom stereocenters. The Hall–Kier alpha value is -3.23. The van der Waals surface area contributed by atoms with E-state index in [1.807, 2.05) is 56.8 Å². The number of carbonyl (C=O) groups is 1. The molecule has 0 bridgehead atoms. The zero-order valence-electron chi connectivity index (χ0n) is 19.9. The number of nitrogens with one attached hydrogen (secondary N) is 1. The first-order valence-corrected chi connectivity index (χ1v) is 12.8. The van der Waals surface area contributed by atoms with Crippen molar-refractivity contribution in [1.29, 1.82) is 0 Å². The smallest absolute Gasteiger partial charge is 0.251 e. The normalized spacial score (nSPS) is 15.1. The van der Waals surface area contributed by atoms with Gasteiger partial charge in [-0.25, -0.2) is 18.1 Å². The minimum atomic E-state index is -3.67. The Kier molecular flexibility index (Phi) is 6.72. The Morgan fingerprint density at radius 2 is 1.94 bits per heavy atom. The maximum Gasteiger partial charge on any atom is 0.251 e. The second-order valence-electron chi connectivity index (χ2n) is 9.01. The van der Waals surface area contributed by atoms with Gasteiger partial charge in [-0.05, 0) is 69.0 Å². The number of fused-ring (bicyclic) bond motifs is 1. The second kappa shape index (κ2) is 9.56. The van der Waals surface area contributed by atoms with Crippen molar-refractivity contribution < 1.29 is 13.2 Å². The number of benzene rings is 2. The first-order chi connectivity index (χ1) is 16.1. The van der Waals surface area contributed by atoms with Gasteiger partial charge in [0.25, 0.3) is 5.91 Å². The predicted octanol–water partition coefficient (Wildman–Crippen LogP) is 4.19. The van der Waals surface area contributed by atoms with E-state index in [1.165, 1.54) is 0 Å². The van der Waals surface area contributed by atoms with Gasteiger partial charge in [0.1, 0.15) is 5.82 Å². The van der Waals surface area contributed by atoms with E-state index in [0.29, 0.717) is 18.7 Å². The van der Waals surface area contributed by atoms with Crippen molar-refractivity contribution in [2.24, 2.45) is 7.05 Å². The van der Waals surface area contributed by atoms with E-state index in [-0.39, 0.29) is 16.8 Å². The van der Waals surface area contributed by atoms with Crippen LogP contribution in [0.1, 0.15) is 48.8 Å². The molecule has 4 rings (SSSR count). The van der Waals surface area contributed by atoms with Gasteiger partial charge in [0.05, 0.1) is 11.4 Å². The summed E-state index contributed by atoms with van der Waals surface area (Å²) < 4.78 is 30.8. The number of imidazole rings is 1. The number of rotatable bonds is 7. The van der Waals surface area contributed by atoms with Crippen LogP contribution in [0.4, 0.5) is 5.69 Å². The van der Waals surface area contributed by atoms with Crippen LogP contribution in [0.25, 0.3) is 0 Å². The lowest BCUT2D eigenvalue weighted by Crippen LogP contribution is -2.31. The molecule has 0 saturated heterocycles. The molecule has 0 radical (unpaired) electrons. The Labute approximate surface area is 201 Å². The molecule has 1 aliphatic rings. The maximum atomic E-state index is 13.1. The first-order valence-electron chi connectivity index (χ1n) is 11.3. The summed E-state index contributed by atoms with van der Waals surface area (Å²) in [7, 11) is -1.78. The molecule has 1 amide bonds. The zero-order chi connectivity index (χ0) is 24.5. The van der Waals surface area contributed by atoms with Gasteiger partial charge in [0.15, 0.2) is 0 Å². The van der Waals surface area contributed by atoms with E-state index in [1.54, 1.807) is 41.4 Å². The van der Waals surface area contributed by atoms with Gasteiger partial charge in [0, 0.05) is 37.2 Å². The van der Waals surface area contributed by atoms with Crippen LogP contribution in [-0.2, 0) is 34.8 Å². The highest BCUT2D eigenvalue weighted by Gasteiger charge is 2.29. The van der Waals surface area contributed by atoms with Crippen molar-refractivity contribution in [2.75, 3.05) is 4.90 Å². The largest absolute Gasteiger partial charge is 0.337 e. The molecule has 1 atom stereocenters. The highest BCUT2D eigenvalue weighted by Crippen LogP contribution is 2.35. The van der Waals surface area contributed by atoms with Gasteiger partial charge in [0.2, 0.25) is 10.0 Å². The average Bonchev–Trinajstić information content (AvgIpc) is 3.37. The fourth-order valence-electron chi connectivity index (χ4n) is 4.16. The van der Waals surface area contributed by atoms with Gasteiger partial charge in [-0.1, -0.05) is 29.3 Å². The number of aromatic nitrogens is 2. The average molecular weight is 479 g/mol. The number of sulfonamides is 1. The van der Waals surface area contributed by atoms with Crippen molar-refractivity contribution >= 4 is 21.6 Å². The highest BCUT2D eigenvalue weighted by atomic mass is 32.2. The Bertz CT molecular complexity index is 1340. The van der Waals surface area contributed by atoms with E-state index >= 15 is 0 Å². The molecule has 1 aliphatic carbocycles. The molecule has 0 fully saturated rings. The van der Waals surface area contributed by atoms with Gasteiger partial charge < -0.3 is 9.47 Å². The van der Waals surface area contributed by atoms with Crippen LogP contribution in [0.2, 0.25) is 0 Å². The maximum absolute atomic E-state index is 13.1. The summed E-state index contributed by atoms with van der Waals surface area (Å²) >= 11 is 0. The third kappa shape index (κ3) is 5.13. The Balaban J connectivity index is 1.66. The Morgan fingerprint density at radius 1 is 1.21 bits per heavy atom. The van der Waals surface area contributed by atoms with Crippen LogP contribution in [0, 0.1) is 6.92 Å². The number of anilines is 1. The lowest BCUT2D eigenvalue weighted by Gasteiger charge is -2.23. The van der Waals surface area contributed by atoms with Gasteiger partial charge >= 0.3 is 0 Å². The molecule has 1 aromatic heterocycles. The zero-order valence-corrected chi connectivity index (χ0v) is 20.8. The van der Waals surface area contributed by atoms with Gasteiger partial charge in [-0.3, -0.25) is 4.79 Å². The molecule has 1 N–H and O–H groups in total. The van der Waals surface area contributed by atoms with Crippen molar-refractivity contribution in [3.63, 3.8) is 0 Å². The second-order valence-corrected chi connectivity index (χ2v) is 10.7. The minimum Gasteiger partial charge on any atom is -0.337 e. The van der Waals surface area contributed by atoms with Gasteiger partial charge in [-0.2, -0.15) is 0 Å². The number of aryl methyl sites for hydroxylation is 3. The molecule has 178 valence electrons. The lowest BCUT2D eigenvalue weighted by molar-refractivity contribution is -0.114. The van der Waals surface area contributed by atoms with Crippen LogP contribution >= 0.6 is 0 Å². The molecule has 7 nitrogen and oxygen atoms in total. The van der Waals surface area contributed by atoms with E-state index in [9.17, 15) is 13.2 Å². The van der Waals surface area contributed by atoms with Crippen LogP contribution in [0.3, 0.4) is 0 Å². The fraction of sp³-hybridized carbons (Fsp3) is 0.308. The molecule has 0 spiro atoms. The number of nitrogens with zero attached hydrogens (tertiary/aromatic N) is 3. The molecule has 8 heteroatoms. The number of carbonyl (C=O) groups excluding carboxylic acids is 1. The molecule has 2 aromatic carbocycles. The fourth-order valence-corrected chi connectivity index (χ4v) is 5.41. The quantitative estimate of drug-likeness (QED) is 0.516. The molecule has 0 aliphatic heterocycles. The first kappa shape index (κ1) is 23.9. The monoisotopic (exact) mass is 478 g/mol. The SMILES string of the molecule is CC(C)=CC(=O)N(Cc1nccn1C)c1ccc2c(c1)C(NS(=O)(=O)c1ccc(C)cc1)CC2. The number of hydrogen-bond acceptors (Lipinski definition) is 4. The number of allylic oxidation sites excluding steroid dienone is 1.